The molecule has 2 aromatic rings. The van der Waals surface area contributed by atoms with Crippen molar-refractivity contribution in [1.82, 2.24) is 25.0 Å². The standard InChI is InChI=1S/C28H36N6O8/c1-2-41-28(40)33-13-11-32(12-14-33)27(39)21(7-8-25(36)37)31-26(38)22-15-23(19-5-3-4-6-20(19)30-22)42-17-24(35)34-10-9-18(29)16-34/h3-6,15,18,21H,2,7-14,16-17,29H2,1H3,(H,31,38)(H,36,37). The molecule has 3 heterocycles. The number of rotatable bonds is 10. The zero-order valence-corrected chi connectivity index (χ0v) is 23.5. The number of fused-ring (bicyclic) bond motifs is 1. The molecule has 14 nitrogen and oxygen atoms in total. The number of benzene rings is 1. The number of carbonyl (C=O) groups excluding carboxylic acids is 4. The normalized spacial score (nSPS) is 17.6. The highest BCUT2D eigenvalue weighted by Gasteiger charge is 2.31. The first-order valence-corrected chi connectivity index (χ1v) is 13.9. The van der Waals surface area contributed by atoms with Gasteiger partial charge in [-0.25, -0.2) is 9.78 Å². The smallest absolute Gasteiger partial charge is 0.409 e. The summed E-state index contributed by atoms with van der Waals surface area (Å²) >= 11 is 0. The van der Waals surface area contributed by atoms with Gasteiger partial charge in [0.05, 0.1) is 12.1 Å². The number of ether oxygens (including phenoxy) is 2. The van der Waals surface area contributed by atoms with Crippen molar-refractivity contribution in [2.75, 3.05) is 52.5 Å². The van der Waals surface area contributed by atoms with E-state index in [0.717, 1.165) is 6.42 Å². The molecule has 0 aliphatic carbocycles. The van der Waals surface area contributed by atoms with Crippen molar-refractivity contribution in [2.45, 2.75) is 38.3 Å². The Balaban J connectivity index is 1.48. The Morgan fingerprint density at radius 3 is 2.45 bits per heavy atom. The lowest BCUT2D eigenvalue weighted by Gasteiger charge is -2.35. The van der Waals surface area contributed by atoms with Crippen LogP contribution >= 0.6 is 0 Å². The largest absolute Gasteiger partial charge is 0.483 e. The average Bonchev–Trinajstić information content (AvgIpc) is 3.43. The molecule has 2 aliphatic heterocycles. The van der Waals surface area contributed by atoms with Crippen LogP contribution in [0.2, 0.25) is 0 Å². The molecule has 2 atom stereocenters. The second kappa shape index (κ2) is 13.9. The maximum absolute atomic E-state index is 13.4. The Morgan fingerprint density at radius 2 is 1.79 bits per heavy atom. The molecule has 4 amide bonds. The summed E-state index contributed by atoms with van der Waals surface area (Å²) in [6.45, 7) is 3.61. The van der Waals surface area contributed by atoms with Gasteiger partial charge in [0.15, 0.2) is 6.61 Å². The monoisotopic (exact) mass is 584 g/mol. The molecule has 2 unspecified atom stereocenters. The summed E-state index contributed by atoms with van der Waals surface area (Å²) in [4.78, 5) is 71.7. The van der Waals surface area contributed by atoms with Crippen LogP contribution in [0.4, 0.5) is 4.79 Å². The molecule has 1 aromatic heterocycles. The Hall–Kier alpha value is -4.46. The van der Waals surface area contributed by atoms with E-state index in [4.69, 9.17) is 15.2 Å². The third-order valence-electron chi connectivity index (χ3n) is 7.21. The molecule has 14 heteroatoms. The highest BCUT2D eigenvalue weighted by molar-refractivity contribution is 5.99. The summed E-state index contributed by atoms with van der Waals surface area (Å²) in [7, 11) is 0. The van der Waals surface area contributed by atoms with Crippen molar-refractivity contribution in [3.63, 3.8) is 0 Å². The summed E-state index contributed by atoms with van der Waals surface area (Å²) < 4.78 is 10.9. The van der Waals surface area contributed by atoms with Gasteiger partial charge in [0.1, 0.15) is 17.5 Å². The molecule has 4 N–H and O–H groups in total. The minimum atomic E-state index is -1.14. The molecule has 226 valence electrons. The number of aromatic nitrogens is 1. The van der Waals surface area contributed by atoms with Crippen molar-refractivity contribution < 1.29 is 38.6 Å². The number of amides is 4. The van der Waals surface area contributed by atoms with E-state index in [0.29, 0.717) is 24.0 Å². The molecule has 0 radical (unpaired) electrons. The van der Waals surface area contributed by atoms with Gasteiger partial charge in [-0.1, -0.05) is 12.1 Å². The molecule has 0 saturated carbocycles. The van der Waals surface area contributed by atoms with Crippen LogP contribution in [0.5, 0.6) is 5.75 Å². The fourth-order valence-corrected chi connectivity index (χ4v) is 4.93. The molecule has 2 saturated heterocycles. The number of aliphatic carboxylic acids is 1. The zero-order valence-electron chi connectivity index (χ0n) is 23.5. The van der Waals surface area contributed by atoms with Gasteiger partial charge in [0, 0.05) is 63.2 Å². The summed E-state index contributed by atoms with van der Waals surface area (Å²) in [6, 6.07) is 7.16. The second-order valence-electron chi connectivity index (χ2n) is 10.2. The number of piperazine rings is 1. The number of nitrogens with two attached hydrogens (primary N) is 1. The summed E-state index contributed by atoms with van der Waals surface area (Å²) in [5.41, 5.74) is 6.29. The van der Waals surface area contributed by atoms with E-state index in [2.05, 4.69) is 10.3 Å². The van der Waals surface area contributed by atoms with Crippen molar-refractivity contribution in [3.8, 4) is 5.75 Å². The SMILES string of the molecule is CCOC(=O)N1CCN(C(=O)C(CCC(=O)O)NC(=O)c2cc(OCC(=O)N3CCC(N)C3)c3ccccc3n2)CC1. The quantitative estimate of drug-likeness (QED) is 0.354. The lowest BCUT2D eigenvalue weighted by atomic mass is 10.1. The van der Waals surface area contributed by atoms with Gasteiger partial charge in [0.2, 0.25) is 5.91 Å². The third kappa shape index (κ3) is 7.63. The number of carbonyl (C=O) groups is 5. The first-order valence-electron chi connectivity index (χ1n) is 13.9. The molecule has 42 heavy (non-hydrogen) atoms. The van der Waals surface area contributed by atoms with E-state index in [-0.39, 0.29) is 75.6 Å². The number of hydrogen-bond acceptors (Lipinski definition) is 9. The molecule has 0 bridgehead atoms. The van der Waals surface area contributed by atoms with Gasteiger partial charge in [-0.2, -0.15) is 0 Å². The van der Waals surface area contributed by atoms with Gasteiger partial charge in [0.25, 0.3) is 11.8 Å². The lowest BCUT2D eigenvalue weighted by molar-refractivity contribution is -0.138. The minimum Gasteiger partial charge on any atom is -0.483 e. The first-order chi connectivity index (χ1) is 20.2. The van der Waals surface area contributed by atoms with Gasteiger partial charge in [-0.15, -0.1) is 0 Å². The van der Waals surface area contributed by atoms with Crippen molar-refractivity contribution in [2.24, 2.45) is 5.73 Å². The Labute approximate surface area is 242 Å². The minimum absolute atomic E-state index is 0.0559. The van der Waals surface area contributed by atoms with Crippen molar-refractivity contribution in [1.29, 1.82) is 0 Å². The van der Waals surface area contributed by atoms with E-state index in [9.17, 15) is 29.1 Å². The molecule has 1 aromatic carbocycles. The van der Waals surface area contributed by atoms with Crippen molar-refractivity contribution >= 4 is 40.7 Å². The van der Waals surface area contributed by atoms with Crippen molar-refractivity contribution in [3.05, 3.63) is 36.0 Å². The van der Waals surface area contributed by atoms with E-state index >= 15 is 0 Å². The average molecular weight is 585 g/mol. The van der Waals surface area contributed by atoms with Crippen LogP contribution in [0.1, 0.15) is 36.7 Å². The van der Waals surface area contributed by atoms with Crippen LogP contribution in [-0.2, 0) is 19.1 Å². The molecular formula is C28H36N6O8. The number of carboxylic acids is 1. The number of hydrogen-bond donors (Lipinski definition) is 3. The number of para-hydroxylation sites is 1. The van der Waals surface area contributed by atoms with Crippen LogP contribution < -0.4 is 15.8 Å². The van der Waals surface area contributed by atoms with Crippen LogP contribution in [0.25, 0.3) is 10.9 Å². The van der Waals surface area contributed by atoms with Gasteiger partial charge in [-0.3, -0.25) is 19.2 Å². The first kappa shape index (κ1) is 30.5. The molecular weight excluding hydrogens is 548 g/mol. The topological polar surface area (TPSA) is 185 Å². The molecule has 4 rings (SSSR count). The second-order valence-corrected chi connectivity index (χ2v) is 10.2. The predicted molar refractivity (Wildman–Crippen MR) is 150 cm³/mol. The van der Waals surface area contributed by atoms with E-state index in [1.165, 1.54) is 15.9 Å². The molecule has 2 fully saturated rings. The van der Waals surface area contributed by atoms with E-state index in [1.54, 1.807) is 36.1 Å². The van der Waals surface area contributed by atoms with Crippen LogP contribution in [-0.4, -0.2) is 119 Å². The summed E-state index contributed by atoms with van der Waals surface area (Å²) in [5.74, 6) is -2.23. The molecule has 0 spiro atoms. The Kier molecular flexibility index (Phi) is 10.1. The highest BCUT2D eigenvalue weighted by atomic mass is 16.6. The van der Waals surface area contributed by atoms with E-state index < -0.39 is 29.9 Å². The lowest BCUT2D eigenvalue weighted by Crippen LogP contribution is -2.56. The Bertz CT molecular complexity index is 1330. The number of pyridine rings is 1. The zero-order chi connectivity index (χ0) is 30.2. The van der Waals surface area contributed by atoms with Crippen LogP contribution in [0, 0.1) is 0 Å². The fraction of sp³-hybridized carbons (Fsp3) is 0.500. The maximum atomic E-state index is 13.4. The molecule has 2 aliphatic rings. The predicted octanol–water partition coefficient (Wildman–Crippen LogP) is 0.437. The maximum Gasteiger partial charge on any atom is 0.409 e. The van der Waals surface area contributed by atoms with Crippen LogP contribution in [0.3, 0.4) is 0 Å². The summed E-state index contributed by atoms with van der Waals surface area (Å²) in [6.07, 6.45) is -0.230. The third-order valence-corrected chi connectivity index (χ3v) is 7.21. The number of carboxylic acid groups (broad SMARTS) is 1. The number of nitrogens with one attached hydrogen (secondary N) is 1. The van der Waals surface area contributed by atoms with Gasteiger partial charge < -0.3 is 40.3 Å². The number of likely N-dealkylation sites (tertiary alicyclic amines) is 1. The Morgan fingerprint density at radius 1 is 1.07 bits per heavy atom. The van der Waals surface area contributed by atoms with Gasteiger partial charge in [-0.05, 0) is 31.9 Å². The van der Waals surface area contributed by atoms with E-state index in [1.807, 2.05) is 0 Å². The highest BCUT2D eigenvalue weighted by Crippen LogP contribution is 2.26. The fourth-order valence-electron chi connectivity index (χ4n) is 4.93. The van der Waals surface area contributed by atoms with Gasteiger partial charge >= 0.3 is 12.1 Å². The number of nitrogens with zero attached hydrogens (tertiary/aromatic N) is 4. The van der Waals surface area contributed by atoms with Crippen LogP contribution in [0.15, 0.2) is 30.3 Å². The summed E-state index contributed by atoms with van der Waals surface area (Å²) in [5, 5.41) is 12.5.